The Morgan fingerprint density at radius 3 is 2.52 bits per heavy atom. The summed E-state index contributed by atoms with van der Waals surface area (Å²) in [5, 5.41) is 2.98. The van der Waals surface area contributed by atoms with E-state index in [1.807, 2.05) is 42.5 Å². The van der Waals surface area contributed by atoms with E-state index in [9.17, 15) is 4.79 Å². The number of anilines is 1. The third-order valence-electron chi connectivity index (χ3n) is 3.27. The van der Waals surface area contributed by atoms with Gasteiger partial charge in [0.15, 0.2) is 11.5 Å². The van der Waals surface area contributed by atoms with Crippen LogP contribution < -0.4 is 14.8 Å². The zero-order valence-corrected chi connectivity index (χ0v) is 14.4. The standard InChI is InChI=1S/C18H21NO3S/c1-4-23-17-8-6-5-7-14(17)19-18(20)12-13-9-10-15(21-2)16(11-13)22-3/h5-11H,4,12H2,1-3H3,(H,19,20). The van der Waals surface area contributed by atoms with E-state index in [0.29, 0.717) is 11.5 Å². The Labute approximate surface area is 141 Å². The predicted molar refractivity (Wildman–Crippen MR) is 94.7 cm³/mol. The molecule has 0 aliphatic rings. The summed E-state index contributed by atoms with van der Waals surface area (Å²) in [6.07, 6.45) is 0.283. The molecule has 0 aromatic heterocycles. The topological polar surface area (TPSA) is 47.6 Å². The number of carbonyl (C=O) groups excluding carboxylic acids is 1. The van der Waals surface area contributed by atoms with Crippen molar-refractivity contribution in [2.24, 2.45) is 0 Å². The molecule has 1 amide bonds. The fourth-order valence-corrected chi connectivity index (χ4v) is 2.98. The van der Waals surface area contributed by atoms with Gasteiger partial charge in [-0.15, -0.1) is 11.8 Å². The van der Waals surface area contributed by atoms with Crippen LogP contribution >= 0.6 is 11.8 Å². The van der Waals surface area contributed by atoms with Crippen LogP contribution in [0.25, 0.3) is 0 Å². The number of nitrogens with one attached hydrogen (secondary N) is 1. The molecule has 0 aliphatic carbocycles. The Bertz CT molecular complexity index is 673. The summed E-state index contributed by atoms with van der Waals surface area (Å²) in [6.45, 7) is 2.09. The van der Waals surface area contributed by atoms with E-state index in [1.54, 1.807) is 26.0 Å². The van der Waals surface area contributed by atoms with E-state index in [2.05, 4.69) is 12.2 Å². The lowest BCUT2D eigenvalue weighted by molar-refractivity contribution is -0.115. The van der Waals surface area contributed by atoms with Gasteiger partial charge in [-0.25, -0.2) is 0 Å². The molecule has 23 heavy (non-hydrogen) atoms. The highest BCUT2D eigenvalue weighted by Crippen LogP contribution is 2.29. The highest BCUT2D eigenvalue weighted by Gasteiger charge is 2.10. The van der Waals surface area contributed by atoms with Crippen LogP contribution in [0.1, 0.15) is 12.5 Å². The molecule has 4 nitrogen and oxygen atoms in total. The quantitative estimate of drug-likeness (QED) is 0.779. The van der Waals surface area contributed by atoms with Gasteiger partial charge in [0, 0.05) is 4.90 Å². The third kappa shape index (κ3) is 4.66. The molecule has 0 unspecified atom stereocenters. The maximum atomic E-state index is 12.3. The van der Waals surface area contributed by atoms with Gasteiger partial charge in [-0.05, 0) is 35.6 Å². The van der Waals surface area contributed by atoms with Crippen molar-refractivity contribution in [2.45, 2.75) is 18.2 Å². The summed E-state index contributed by atoms with van der Waals surface area (Å²) in [5.74, 6) is 2.19. The van der Waals surface area contributed by atoms with E-state index in [-0.39, 0.29) is 12.3 Å². The van der Waals surface area contributed by atoms with Crippen LogP contribution in [-0.4, -0.2) is 25.9 Å². The molecule has 0 saturated heterocycles. The summed E-state index contributed by atoms with van der Waals surface area (Å²) >= 11 is 1.71. The third-order valence-corrected chi connectivity index (χ3v) is 4.23. The molecule has 0 atom stereocenters. The number of ether oxygens (including phenoxy) is 2. The van der Waals surface area contributed by atoms with Crippen molar-refractivity contribution in [3.63, 3.8) is 0 Å². The van der Waals surface area contributed by atoms with Crippen molar-refractivity contribution >= 4 is 23.4 Å². The maximum Gasteiger partial charge on any atom is 0.228 e. The van der Waals surface area contributed by atoms with Crippen molar-refractivity contribution < 1.29 is 14.3 Å². The van der Waals surface area contributed by atoms with Gasteiger partial charge in [0.25, 0.3) is 0 Å². The van der Waals surface area contributed by atoms with Crippen molar-refractivity contribution in [1.82, 2.24) is 0 Å². The molecule has 0 bridgehead atoms. The number of para-hydroxylation sites is 1. The summed E-state index contributed by atoms with van der Waals surface area (Å²) in [5.41, 5.74) is 1.73. The van der Waals surface area contributed by atoms with Crippen LogP contribution in [0, 0.1) is 0 Å². The Hall–Kier alpha value is -2.14. The second-order valence-electron chi connectivity index (χ2n) is 4.84. The molecule has 1 N–H and O–H groups in total. The zero-order valence-electron chi connectivity index (χ0n) is 13.6. The predicted octanol–water partition coefficient (Wildman–Crippen LogP) is 4.00. The second kappa shape index (κ2) is 8.48. The van der Waals surface area contributed by atoms with Crippen molar-refractivity contribution in [2.75, 3.05) is 25.3 Å². The SMILES string of the molecule is CCSc1ccccc1NC(=O)Cc1ccc(OC)c(OC)c1. The molecule has 0 heterocycles. The van der Waals surface area contributed by atoms with Gasteiger partial charge in [-0.2, -0.15) is 0 Å². The lowest BCUT2D eigenvalue weighted by Gasteiger charge is -2.11. The largest absolute Gasteiger partial charge is 0.493 e. The number of hydrogen-bond acceptors (Lipinski definition) is 4. The van der Waals surface area contributed by atoms with Crippen LogP contribution in [0.3, 0.4) is 0 Å². The van der Waals surface area contributed by atoms with Crippen molar-refractivity contribution in [1.29, 1.82) is 0 Å². The fourth-order valence-electron chi connectivity index (χ4n) is 2.22. The summed E-state index contributed by atoms with van der Waals surface area (Å²) in [6, 6.07) is 13.3. The first-order valence-corrected chi connectivity index (χ1v) is 8.39. The number of carbonyl (C=O) groups is 1. The number of hydrogen-bond donors (Lipinski definition) is 1. The molecule has 0 spiro atoms. The summed E-state index contributed by atoms with van der Waals surface area (Å²) < 4.78 is 10.5. The molecule has 2 rings (SSSR count). The van der Waals surface area contributed by atoms with Gasteiger partial charge in [-0.3, -0.25) is 4.79 Å². The molecule has 5 heteroatoms. The first-order chi connectivity index (χ1) is 11.2. The van der Waals surface area contributed by atoms with Gasteiger partial charge >= 0.3 is 0 Å². The summed E-state index contributed by atoms with van der Waals surface area (Å²) in [4.78, 5) is 13.4. The number of benzene rings is 2. The van der Waals surface area contributed by atoms with E-state index in [4.69, 9.17) is 9.47 Å². The van der Waals surface area contributed by atoms with Gasteiger partial charge < -0.3 is 14.8 Å². The summed E-state index contributed by atoms with van der Waals surface area (Å²) in [7, 11) is 3.17. The number of rotatable bonds is 7. The molecule has 122 valence electrons. The van der Waals surface area contributed by atoms with Gasteiger partial charge in [0.1, 0.15) is 0 Å². The molecule has 2 aromatic rings. The van der Waals surface area contributed by atoms with Crippen LogP contribution in [0.15, 0.2) is 47.4 Å². The fraction of sp³-hybridized carbons (Fsp3) is 0.278. The minimum atomic E-state index is -0.0543. The monoisotopic (exact) mass is 331 g/mol. The smallest absolute Gasteiger partial charge is 0.228 e. The molecule has 0 radical (unpaired) electrons. The van der Waals surface area contributed by atoms with E-state index < -0.39 is 0 Å². The minimum Gasteiger partial charge on any atom is -0.493 e. The normalized spacial score (nSPS) is 10.2. The first kappa shape index (κ1) is 17.2. The van der Waals surface area contributed by atoms with E-state index in [0.717, 1.165) is 21.9 Å². The number of amides is 1. The van der Waals surface area contributed by atoms with Gasteiger partial charge in [-0.1, -0.05) is 25.1 Å². The molecule has 0 saturated carbocycles. The lowest BCUT2D eigenvalue weighted by Crippen LogP contribution is -2.15. The van der Waals surface area contributed by atoms with Crippen molar-refractivity contribution in [3.05, 3.63) is 48.0 Å². The first-order valence-electron chi connectivity index (χ1n) is 7.40. The van der Waals surface area contributed by atoms with Gasteiger partial charge in [0.05, 0.1) is 26.3 Å². The highest BCUT2D eigenvalue weighted by molar-refractivity contribution is 7.99. The van der Waals surface area contributed by atoms with Gasteiger partial charge in [0.2, 0.25) is 5.91 Å². The zero-order chi connectivity index (χ0) is 16.7. The van der Waals surface area contributed by atoms with E-state index in [1.165, 1.54) is 0 Å². The van der Waals surface area contributed by atoms with Crippen LogP contribution in [0.5, 0.6) is 11.5 Å². The van der Waals surface area contributed by atoms with Crippen LogP contribution in [-0.2, 0) is 11.2 Å². The molecule has 0 aliphatic heterocycles. The Morgan fingerprint density at radius 1 is 1.09 bits per heavy atom. The second-order valence-corrected chi connectivity index (χ2v) is 6.15. The molecule has 2 aromatic carbocycles. The Balaban J connectivity index is 2.08. The number of thioether (sulfide) groups is 1. The molecular weight excluding hydrogens is 310 g/mol. The Morgan fingerprint density at radius 2 is 1.83 bits per heavy atom. The van der Waals surface area contributed by atoms with Crippen LogP contribution in [0.2, 0.25) is 0 Å². The minimum absolute atomic E-state index is 0.0543. The molecule has 0 fully saturated rings. The average molecular weight is 331 g/mol. The number of methoxy groups -OCH3 is 2. The Kier molecular flexibility index (Phi) is 6.35. The maximum absolute atomic E-state index is 12.3. The van der Waals surface area contributed by atoms with E-state index >= 15 is 0 Å². The highest BCUT2D eigenvalue weighted by atomic mass is 32.2. The van der Waals surface area contributed by atoms with Crippen molar-refractivity contribution in [3.8, 4) is 11.5 Å². The molecular formula is C18H21NO3S. The average Bonchev–Trinajstić information content (AvgIpc) is 2.56. The lowest BCUT2D eigenvalue weighted by atomic mass is 10.1. The van der Waals surface area contributed by atoms with Crippen LogP contribution in [0.4, 0.5) is 5.69 Å².